The molecule has 4 heteroatoms. The molecule has 0 bridgehead atoms. The van der Waals surface area contributed by atoms with Crippen molar-refractivity contribution in [3.05, 3.63) is 28.8 Å². The zero-order valence-corrected chi connectivity index (χ0v) is 10.9. The fourth-order valence-corrected chi connectivity index (χ4v) is 2.66. The second kappa shape index (κ2) is 5.71. The molecule has 0 aromatic heterocycles. The number of anilines is 1. The van der Waals surface area contributed by atoms with Crippen molar-refractivity contribution in [1.82, 2.24) is 5.32 Å². The lowest BCUT2D eigenvalue weighted by Gasteiger charge is -2.25. The molecule has 1 aliphatic heterocycles. The number of nitrogens with one attached hydrogen (secondary N) is 1. The van der Waals surface area contributed by atoms with Gasteiger partial charge in [0, 0.05) is 23.8 Å². The summed E-state index contributed by atoms with van der Waals surface area (Å²) in [7, 11) is 1.91. The Balaban J connectivity index is 2.19. The molecule has 1 aromatic rings. The highest BCUT2D eigenvalue weighted by Crippen LogP contribution is 2.29. The molecule has 1 saturated heterocycles. The maximum Gasteiger partial charge on any atom is 0.0635 e. The summed E-state index contributed by atoms with van der Waals surface area (Å²) in [5.74, 6) is 0. The number of aliphatic hydroxyl groups excluding tert-OH is 1. The summed E-state index contributed by atoms with van der Waals surface area (Å²) >= 11 is 6.25. The van der Waals surface area contributed by atoms with Gasteiger partial charge in [-0.2, -0.15) is 0 Å². The third-order valence-electron chi connectivity index (χ3n) is 3.32. The highest BCUT2D eigenvalue weighted by Gasteiger charge is 2.24. The maximum atomic E-state index is 9.32. The Bertz CT molecular complexity index is 384. The molecule has 1 aromatic carbocycles. The quantitative estimate of drug-likeness (QED) is 0.863. The van der Waals surface area contributed by atoms with Crippen LogP contribution in [-0.2, 0) is 6.54 Å². The Hall–Kier alpha value is -0.770. The van der Waals surface area contributed by atoms with Crippen molar-refractivity contribution < 1.29 is 5.11 Å². The van der Waals surface area contributed by atoms with Crippen LogP contribution in [-0.4, -0.2) is 31.3 Å². The summed E-state index contributed by atoms with van der Waals surface area (Å²) in [5.41, 5.74) is 2.23. The molecule has 1 heterocycles. The number of nitrogens with zero attached hydrogens (tertiary/aromatic N) is 1. The van der Waals surface area contributed by atoms with Gasteiger partial charge in [0.2, 0.25) is 0 Å². The SMILES string of the molecule is CNCc1ccc(N2CCCC2CO)cc1Cl. The van der Waals surface area contributed by atoms with E-state index >= 15 is 0 Å². The van der Waals surface area contributed by atoms with Gasteiger partial charge in [-0.25, -0.2) is 0 Å². The minimum atomic E-state index is 0.218. The molecule has 94 valence electrons. The number of rotatable bonds is 4. The summed E-state index contributed by atoms with van der Waals surface area (Å²) in [6.07, 6.45) is 2.20. The van der Waals surface area contributed by atoms with Gasteiger partial charge in [-0.1, -0.05) is 17.7 Å². The van der Waals surface area contributed by atoms with Crippen LogP contribution in [0.4, 0.5) is 5.69 Å². The third kappa shape index (κ3) is 2.73. The molecule has 0 spiro atoms. The second-order valence-electron chi connectivity index (χ2n) is 4.48. The first-order chi connectivity index (χ1) is 8.26. The number of aliphatic hydroxyl groups is 1. The number of benzene rings is 1. The van der Waals surface area contributed by atoms with Crippen LogP contribution in [0.3, 0.4) is 0 Å². The van der Waals surface area contributed by atoms with Crippen molar-refractivity contribution in [1.29, 1.82) is 0 Å². The van der Waals surface area contributed by atoms with Crippen LogP contribution in [0.15, 0.2) is 18.2 Å². The molecule has 3 nitrogen and oxygen atoms in total. The Morgan fingerprint density at radius 3 is 3.00 bits per heavy atom. The molecular weight excluding hydrogens is 236 g/mol. The minimum absolute atomic E-state index is 0.218. The van der Waals surface area contributed by atoms with Gasteiger partial charge in [0.25, 0.3) is 0 Å². The van der Waals surface area contributed by atoms with Crippen molar-refractivity contribution in [3.63, 3.8) is 0 Å². The fourth-order valence-electron chi connectivity index (χ4n) is 2.41. The standard InChI is InChI=1S/C13H19ClN2O/c1-15-8-10-4-5-11(7-13(10)14)16-6-2-3-12(16)9-17/h4-5,7,12,15,17H,2-3,6,8-9H2,1H3. The van der Waals surface area contributed by atoms with Crippen LogP contribution in [0.5, 0.6) is 0 Å². The summed E-state index contributed by atoms with van der Waals surface area (Å²) in [5, 5.41) is 13.2. The van der Waals surface area contributed by atoms with E-state index in [1.54, 1.807) is 0 Å². The molecule has 1 fully saturated rings. The Morgan fingerprint density at radius 2 is 2.35 bits per heavy atom. The third-order valence-corrected chi connectivity index (χ3v) is 3.68. The van der Waals surface area contributed by atoms with Gasteiger partial charge in [-0.05, 0) is 37.6 Å². The van der Waals surface area contributed by atoms with Gasteiger partial charge in [-0.3, -0.25) is 0 Å². The average molecular weight is 255 g/mol. The zero-order chi connectivity index (χ0) is 12.3. The fraction of sp³-hybridized carbons (Fsp3) is 0.538. The smallest absolute Gasteiger partial charge is 0.0635 e. The molecule has 1 unspecified atom stereocenters. The van der Waals surface area contributed by atoms with Crippen LogP contribution >= 0.6 is 11.6 Å². The van der Waals surface area contributed by atoms with E-state index in [0.29, 0.717) is 0 Å². The van der Waals surface area contributed by atoms with Gasteiger partial charge in [0.15, 0.2) is 0 Å². The van der Waals surface area contributed by atoms with Crippen molar-refractivity contribution in [2.45, 2.75) is 25.4 Å². The predicted molar refractivity (Wildman–Crippen MR) is 71.7 cm³/mol. The van der Waals surface area contributed by atoms with E-state index in [0.717, 1.165) is 42.2 Å². The van der Waals surface area contributed by atoms with E-state index in [1.807, 2.05) is 13.1 Å². The monoisotopic (exact) mass is 254 g/mol. The Labute approximate surface area is 107 Å². The van der Waals surface area contributed by atoms with Gasteiger partial charge >= 0.3 is 0 Å². The topological polar surface area (TPSA) is 35.5 Å². The predicted octanol–water partition coefficient (Wildman–Crippen LogP) is 2.02. The molecule has 0 radical (unpaired) electrons. The molecule has 17 heavy (non-hydrogen) atoms. The highest BCUT2D eigenvalue weighted by atomic mass is 35.5. The zero-order valence-electron chi connectivity index (χ0n) is 10.1. The molecule has 2 rings (SSSR count). The largest absolute Gasteiger partial charge is 0.394 e. The molecule has 0 amide bonds. The molecule has 0 saturated carbocycles. The first-order valence-electron chi connectivity index (χ1n) is 6.06. The first kappa shape index (κ1) is 12.7. The minimum Gasteiger partial charge on any atom is -0.394 e. The van der Waals surface area contributed by atoms with E-state index in [2.05, 4.69) is 22.3 Å². The average Bonchev–Trinajstić information content (AvgIpc) is 2.80. The van der Waals surface area contributed by atoms with Crippen LogP contribution < -0.4 is 10.2 Å². The first-order valence-corrected chi connectivity index (χ1v) is 6.44. The Morgan fingerprint density at radius 1 is 1.53 bits per heavy atom. The summed E-state index contributed by atoms with van der Waals surface area (Å²) in [6, 6.07) is 6.40. The lowest BCUT2D eigenvalue weighted by Crippen LogP contribution is -2.31. The lowest BCUT2D eigenvalue weighted by molar-refractivity contribution is 0.266. The van der Waals surface area contributed by atoms with Gasteiger partial charge in [0.1, 0.15) is 0 Å². The van der Waals surface area contributed by atoms with Gasteiger partial charge < -0.3 is 15.3 Å². The van der Waals surface area contributed by atoms with E-state index in [9.17, 15) is 5.11 Å². The molecule has 1 aliphatic rings. The second-order valence-corrected chi connectivity index (χ2v) is 4.89. The van der Waals surface area contributed by atoms with Crippen LogP contribution in [0.2, 0.25) is 5.02 Å². The molecule has 0 aliphatic carbocycles. The van der Waals surface area contributed by atoms with Crippen molar-refractivity contribution in [2.24, 2.45) is 0 Å². The van der Waals surface area contributed by atoms with E-state index < -0.39 is 0 Å². The molecule has 1 atom stereocenters. The Kier molecular flexibility index (Phi) is 4.26. The van der Waals surface area contributed by atoms with Gasteiger partial charge in [0.05, 0.1) is 12.6 Å². The summed E-state index contributed by atoms with van der Waals surface area (Å²) in [6.45, 7) is 2.01. The van der Waals surface area contributed by atoms with Crippen LogP contribution in [0.1, 0.15) is 18.4 Å². The van der Waals surface area contributed by atoms with Crippen LogP contribution in [0.25, 0.3) is 0 Å². The summed E-state index contributed by atoms with van der Waals surface area (Å²) in [4.78, 5) is 2.25. The normalized spacial score (nSPS) is 19.9. The van der Waals surface area contributed by atoms with Gasteiger partial charge in [-0.15, -0.1) is 0 Å². The molecular formula is C13H19ClN2O. The highest BCUT2D eigenvalue weighted by molar-refractivity contribution is 6.31. The summed E-state index contributed by atoms with van der Waals surface area (Å²) < 4.78 is 0. The molecule has 2 N–H and O–H groups in total. The van der Waals surface area contributed by atoms with Crippen LogP contribution in [0, 0.1) is 0 Å². The van der Waals surface area contributed by atoms with Crippen molar-refractivity contribution >= 4 is 17.3 Å². The number of halogens is 1. The number of hydrogen-bond donors (Lipinski definition) is 2. The lowest BCUT2D eigenvalue weighted by atomic mass is 10.1. The van der Waals surface area contributed by atoms with E-state index in [1.165, 1.54) is 0 Å². The van der Waals surface area contributed by atoms with Crippen molar-refractivity contribution in [3.8, 4) is 0 Å². The van der Waals surface area contributed by atoms with E-state index in [4.69, 9.17) is 11.6 Å². The van der Waals surface area contributed by atoms with Crippen molar-refractivity contribution in [2.75, 3.05) is 25.1 Å². The van der Waals surface area contributed by atoms with E-state index in [-0.39, 0.29) is 12.6 Å². The number of hydrogen-bond acceptors (Lipinski definition) is 3. The maximum absolute atomic E-state index is 9.32.